The first-order valence-corrected chi connectivity index (χ1v) is 7.41. The molecule has 1 fully saturated rings. The number of benzene rings is 1. The Morgan fingerprint density at radius 3 is 2.61 bits per heavy atom. The first-order valence-electron chi connectivity index (χ1n) is 7.41. The van der Waals surface area contributed by atoms with Gasteiger partial charge in [-0.2, -0.15) is 0 Å². The Bertz CT molecular complexity index is 357. The third-order valence-electron chi connectivity index (χ3n) is 4.41. The third-order valence-corrected chi connectivity index (χ3v) is 4.41. The van der Waals surface area contributed by atoms with Gasteiger partial charge in [0, 0.05) is 0 Å². The molecule has 100 valence electrons. The fraction of sp³-hybridized carbons (Fsp3) is 0.647. The van der Waals surface area contributed by atoms with Gasteiger partial charge in [-0.1, -0.05) is 51.1 Å². The first-order chi connectivity index (χ1) is 8.66. The molecule has 0 radical (unpaired) electrons. The van der Waals surface area contributed by atoms with Gasteiger partial charge in [0.15, 0.2) is 0 Å². The summed E-state index contributed by atoms with van der Waals surface area (Å²) in [6.07, 6.45) is 3.98. The highest BCUT2D eigenvalue weighted by molar-refractivity contribution is 5.20. The summed E-state index contributed by atoms with van der Waals surface area (Å²) in [6.45, 7) is 9.26. The molecule has 0 spiro atoms. The van der Waals surface area contributed by atoms with Gasteiger partial charge in [0.25, 0.3) is 0 Å². The van der Waals surface area contributed by atoms with Crippen molar-refractivity contribution < 1.29 is 0 Å². The van der Waals surface area contributed by atoms with E-state index in [4.69, 9.17) is 0 Å². The summed E-state index contributed by atoms with van der Waals surface area (Å²) in [4.78, 5) is 0. The van der Waals surface area contributed by atoms with Gasteiger partial charge >= 0.3 is 0 Å². The van der Waals surface area contributed by atoms with Gasteiger partial charge in [0.1, 0.15) is 0 Å². The second kappa shape index (κ2) is 5.88. The number of rotatable bonds is 7. The molecule has 0 aromatic heterocycles. The summed E-state index contributed by atoms with van der Waals surface area (Å²) in [5, 5.41) is 3.62. The highest BCUT2D eigenvalue weighted by atomic mass is 14.9. The minimum Gasteiger partial charge on any atom is -0.316 e. The normalized spacial score (nSPS) is 26.6. The lowest BCUT2D eigenvalue weighted by Gasteiger charge is -2.16. The number of hydrogen-bond acceptors (Lipinski definition) is 1. The summed E-state index contributed by atoms with van der Waals surface area (Å²) in [5.74, 6) is 1.65. The monoisotopic (exact) mass is 245 g/mol. The van der Waals surface area contributed by atoms with Crippen LogP contribution < -0.4 is 5.32 Å². The van der Waals surface area contributed by atoms with Crippen molar-refractivity contribution in [2.24, 2.45) is 17.3 Å². The quantitative estimate of drug-likeness (QED) is 0.768. The summed E-state index contributed by atoms with van der Waals surface area (Å²) in [5.41, 5.74) is 2.09. The average molecular weight is 245 g/mol. The SMILES string of the molecule is CCC1(Cc2ccccc2)CC1CNCC(C)C. The molecule has 1 saturated carbocycles. The van der Waals surface area contributed by atoms with Crippen LogP contribution in [0, 0.1) is 17.3 Å². The van der Waals surface area contributed by atoms with Crippen molar-refractivity contribution in [2.45, 2.75) is 40.0 Å². The van der Waals surface area contributed by atoms with Crippen LogP contribution in [0.1, 0.15) is 39.2 Å². The van der Waals surface area contributed by atoms with Crippen LogP contribution >= 0.6 is 0 Å². The second-order valence-corrected chi connectivity index (χ2v) is 6.33. The molecule has 0 aliphatic heterocycles. The molecular formula is C17H27N. The minimum atomic E-state index is 0.589. The van der Waals surface area contributed by atoms with E-state index in [1.54, 1.807) is 0 Å². The van der Waals surface area contributed by atoms with E-state index in [9.17, 15) is 0 Å². The predicted octanol–water partition coefficient (Wildman–Crippen LogP) is 3.89. The van der Waals surface area contributed by atoms with E-state index in [0.717, 1.165) is 18.4 Å². The van der Waals surface area contributed by atoms with Crippen molar-refractivity contribution in [1.82, 2.24) is 5.32 Å². The van der Waals surface area contributed by atoms with Crippen molar-refractivity contribution in [3.8, 4) is 0 Å². The van der Waals surface area contributed by atoms with Gasteiger partial charge in [-0.05, 0) is 55.2 Å². The summed E-state index contributed by atoms with van der Waals surface area (Å²) >= 11 is 0. The summed E-state index contributed by atoms with van der Waals surface area (Å²) in [6, 6.07) is 11.0. The topological polar surface area (TPSA) is 12.0 Å². The van der Waals surface area contributed by atoms with Gasteiger partial charge < -0.3 is 5.32 Å². The van der Waals surface area contributed by atoms with Crippen LogP contribution in [-0.4, -0.2) is 13.1 Å². The van der Waals surface area contributed by atoms with E-state index in [1.165, 1.54) is 31.4 Å². The van der Waals surface area contributed by atoms with Gasteiger partial charge in [-0.25, -0.2) is 0 Å². The molecule has 1 N–H and O–H groups in total. The molecule has 1 aliphatic carbocycles. The molecule has 0 saturated heterocycles. The zero-order valence-corrected chi connectivity index (χ0v) is 12.1. The van der Waals surface area contributed by atoms with Crippen molar-refractivity contribution in [1.29, 1.82) is 0 Å². The molecule has 18 heavy (non-hydrogen) atoms. The Balaban J connectivity index is 1.83. The molecule has 1 heteroatoms. The second-order valence-electron chi connectivity index (χ2n) is 6.33. The average Bonchev–Trinajstić information content (AvgIpc) is 3.04. The van der Waals surface area contributed by atoms with Crippen LogP contribution in [-0.2, 0) is 6.42 Å². The zero-order valence-electron chi connectivity index (χ0n) is 12.1. The Hall–Kier alpha value is -0.820. The van der Waals surface area contributed by atoms with Gasteiger partial charge in [0.2, 0.25) is 0 Å². The molecule has 2 unspecified atom stereocenters. The highest BCUT2D eigenvalue weighted by Gasteiger charge is 2.51. The Kier molecular flexibility index (Phi) is 4.45. The summed E-state index contributed by atoms with van der Waals surface area (Å²) in [7, 11) is 0. The molecule has 1 aliphatic rings. The molecule has 1 aromatic carbocycles. The van der Waals surface area contributed by atoms with Crippen LogP contribution in [0.15, 0.2) is 30.3 Å². The Labute approximate surface area is 112 Å². The summed E-state index contributed by atoms with van der Waals surface area (Å²) < 4.78 is 0. The van der Waals surface area contributed by atoms with Crippen LogP contribution in [0.25, 0.3) is 0 Å². The lowest BCUT2D eigenvalue weighted by molar-refractivity contribution is 0.413. The lowest BCUT2D eigenvalue weighted by atomic mass is 9.91. The van der Waals surface area contributed by atoms with Crippen molar-refractivity contribution in [3.05, 3.63) is 35.9 Å². The molecule has 2 rings (SSSR count). The molecule has 1 aromatic rings. The van der Waals surface area contributed by atoms with E-state index < -0.39 is 0 Å². The fourth-order valence-corrected chi connectivity index (χ4v) is 3.04. The van der Waals surface area contributed by atoms with Crippen molar-refractivity contribution in [3.63, 3.8) is 0 Å². The lowest BCUT2D eigenvalue weighted by Crippen LogP contribution is -2.24. The third kappa shape index (κ3) is 3.35. The first kappa shape index (κ1) is 13.6. The largest absolute Gasteiger partial charge is 0.316 e. The van der Waals surface area contributed by atoms with E-state index >= 15 is 0 Å². The van der Waals surface area contributed by atoms with Crippen molar-refractivity contribution in [2.75, 3.05) is 13.1 Å². The maximum atomic E-state index is 3.62. The molecule has 0 heterocycles. The number of hydrogen-bond donors (Lipinski definition) is 1. The van der Waals surface area contributed by atoms with Crippen LogP contribution in [0.2, 0.25) is 0 Å². The fourth-order valence-electron chi connectivity index (χ4n) is 3.04. The zero-order chi connectivity index (χ0) is 13.0. The van der Waals surface area contributed by atoms with E-state index in [2.05, 4.69) is 56.4 Å². The number of nitrogens with one attached hydrogen (secondary N) is 1. The highest BCUT2D eigenvalue weighted by Crippen LogP contribution is 2.56. The van der Waals surface area contributed by atoms with E-state index in [1.807, 2.05) is 0 Å². The molecule has 0 amide bonds. The van der Waals surface area contributed by atoms with Crippen LogP contribution in [0.5, 0.6) is 0 Å². The molecule has 1 nitrogen and oxygen atoms in total. The van der Waals surface area contributed by atoms with Crippen LogP contribution in [0.3, 0.4) is 0 Å². The molecule has 0 bridgehead atoms. The Morgan fingerprint density at radius 1 is 1.28 bits per heavy atom. The van der Waals surface area contributed by atoms with E-state index in [0.29, 0.717) is 5.41 Å². The predicted molar refractivity (Wildman–Crippen MR) is 78.7 cm³/mol. The molecule has 2 atom stereocenters. The maximum Gasteiger partial charge on any atom is -0.00148 e. The van der Waals surface area contributed by atoms with Crippen molar-refractivity contribution >= 4 is 0 Å². The van der Waals surface area contributed by atoms with Gasteiger partial charge in [0.05, 0.1) is 0 Å². The molecular weight excluding hydrogens is 218 g/mol. The van der Waals surface area contributed by atoms with Crippen LogP contribution in [0.4, 0.5) is 0 Å². The minimum absolute atomic E-state index is 0.589. The van der Waals surface area contributed by atoms with E-state index in [-0.39, 0.29) is 0 Å². The Morgan fingerprint density at radius 2 is 2.00 bits per heavy atom. The standard InChI is InChI=1S/C17H27N/c1-4-17(10-15-8-6-5-7-9-15)11-16(17)13-18-12-14(2)3/h5-9,14,16,18H,4,10-13H2,1-3H3. The van der Waals surface area contributed by atoms with Gasteiger partial charge in [-0.15, -0.1) is 0 Å². The van der Waals surface area contributed by atoms with Gasteiger partial charge in [-0.3, -0.25) is 0 Å². The maximum absolute atomic E-state index is 3.62. The smallest absolute Gasteiger partial charge is 0.00148 e.